The Morgan fingerprint density at radius 2 is 2.08 bits per heavy atom. The van der Waals surface area contributed by atoms with E-state index in [1.807, 2.05) is 0 Å². The predicted molar refractivity (Wildman–Crippen MR) is 47.0 cm³/mol. The van der Waals surface area contributed by atoms with Crippen molar-refractivity contribution < 1.29 is 4.39 Å². The van der Waals surface area contributed by atoms with Crippen LogP contribution in [0, 0.1) is 0 Å². The van der Waals surface area contributed by atoms with Crippen LogP contribution in [0.25, 0.3) is 0 Å². The van der Waals surface area contributed by atoms with Crippen molar-refractivity contribution >= 4 is 0 Å². The topological polar surface area (TPSA) is 15.3 Å². The number of rotatable bonds is 2. The Labute approximate surface area is 73.1 Å². The SMILES string of the molecule is FCCN1CCC2CCC(C1)N2. The first-order valence-electron chi connectivity index (χ1n) is 4.93. The second-order valence-corrected chi connectivity index (χ2v) is 3.92. The molecule has 12 heavy (non-hydrogen) atoms. The lowest BCUT2D eigenvalue weighted by Gasteiger charge is -2.22. The van der Waals surface area contributed by atoms with Crippen molar-refractivity contribution in [1.82, 2.24) is 10.2 Å². The molecule has 2 fully saturated rings. The fraction of sp³-hybridized carbons (Fsp3) is 1.00. The largest absolute Gasteiger partial charge is 0.310 e. The van der Waals surface area contributed by atoms with Gasteiger partial charge in [-0.05, 0) is 25.8 Å². The molecule has 2 atom stereocenters. The molecule has 0 aliphatic carbocycles. The molecule has 2 rings (SSSR count). The van der Waals surface area contributed by atoms with Crippen molar-refractivity contribution in [2.24, 2.45) is 0 Å². The van der Waals surface area contributed by atoms with Gasteiger partial charge in [-0.25, -0.2) is 4.39 Å². The predicted octanol–water partition coefficient (Wildman–Crippen LogP) is 0.782. The normalized spacial score (nSPS) is 36.8. The highest BCUT2D eigenvalue weighted by atomic mass is 19.1. The maximum absolute atomic E-state index is 12.1. The van der Waals surface area contributed by atoms with Crippen molar-refractivity contribution in [3.63, 3.8) is 0 Å². The fourth-order valence-electron chi connectivity index (χ4n) is 2.34. The zero-order valence-electron chi connectivity index (χ0n) is 7.43. The first-order chi connectivity index (χ1) is 5.88. The summed E-state index contributed by atoms with van der Waals surface area (Å²) in [5.41, 5.74) is 0. The lowest BCUT2D eigenvalue weighted by molar-refractivity contribution is 0.236. The van der Waals surface area contributed by atoms with Gasteiger partial charge in [0.2, 0.25) is 0 Å². The third kappa shape index (κ3) is 1.77. The second-order valence-electron chi connectivity index (χ2n) is 3.92. The Morgan fingerprint density at radius 3 is 2.92 bits per heavy atom. The summed E-state index contributed by atoms with van der Waals surface area (Å²) in [6.45, 7) is 2.57. The van der Waals surface area contributed by atoms with Crippen LogP contribution in [0.5, 0.6) is 0 Å². The standard InChI is InChI=1S/C9H17FN2/c10-4-6-12-5-3-8-1-2-9(7-12)11-8/h8-9,11H,1-7H2. The molecule has 2 aliphatic heterocycles. The maximum Gasteiger partial charge on any atom is 0.102 e. The van der Waals surface area contributed by atoms with Crippen LogP contribution in [0.15, 0.2) is 0 Å². The zero-order valence-corrected chi connectivity index (χ0v) is 7.43. The highest BCUT2D eigenvalue weighted by Crippen LogP contribution is 2.19. The van der Waals surface area contributed by atoms with Crippen LogP contribution < -0.4 is 5.32 Å². The highest BCUT2D eigenvalue weighted by Gasteiger charge is 2.28. The molecule has 2 saturated heterocycles. The molecule has 2 heterocycles. The van der Waals surface area contributed by atoms with Gasteiger partial charge in [-0.1, -0.05) is 0 Å². The van der Waals surface area contributed by atoms with Crippen molar-refractivity contribution in [3.05, 3.63) is 0 Å². The van der Waals surface area contributed by atoms with Gasteiger partial charge < -0.3 is 5.32 Å². The monoisotopic (exact) mass is 172 g/mol. The van der Waals surface area contributed by atoms with E-state index in [9.17, 15) is 4.39 Å². The van der Waals surface area contributed by atoms with Crippen molar-refractivity contribution in [3.8, 4) is 0 Å². The molecule has 0 radical (unpaired) electrons. The first-order valence-corrected chi connectivity index (χ1v) is 4.93. The lowest BCUT2D eigenvalue weighted by atomic mass is 10.1. The molecule has 0 amide bonds. The van der Waals surface area contributed by atoms with Crippen LogP contribution in [0.3, 0.4) is 0 Å². The van der Waals surface area contributed by atoms with Crippen molar-refractivity contribution in [2.45, 2.75) is 31.3 Å². The van der Waals surface area contributed by atoms with E-state index in [-0.39, 0.29) is 6.67 Å². The number of alkyl halides is 1. The molecule has 0 spiro atoms. The highest BCUT2D eigenvalue weighted by molar-refractivity contribution is 4.89. The number of hydrogen-bond donors (Lipinski definition) is 1. The van der Waals surface area contributed by atoms with E-state index in [1.165, 1.54) is 19.3 Å². The Morgan fingerprint density at radius 1 is 1.25 bits per heavy atom. The molecule has 1 N–H and O–H groups in total. The summed E-state index contributed by atoms with van der Waals surface area (Å²) in [6, 6.07) is 1.36. The van der Waals surface area contributed by atoms with Gasteiger partial charge in [0, 0.05) is 25.2 Å². The molecule has 0 saturated carbocycles. The summed E-state index contributed by atoms with van der Waals surface area (Å²) in [7, 11) is 0. The zero-order chi connectivity index (χ0) is 8.39. The Balaban J connectivity index is 1.87. The van der Waals surface area contributed by atoms with E-state index in [4.69, 9.17) is 0 Å². The van der Waals surface area contributed by atoms with E-state index >= 15 is 0 Å². The van der Waals surface area contributed by atoms with E-state index in [0.717, 1.165) is 19.1 Å². The summed E-state index contributed by atoms with van der Waals surface area (Å²) >= 11 is 0. The Bertz CT molecular complexity index is 151. The fourth-order valence-corrected chi connectivity index (χ4v) is 2.34. The van der Waals surface area contributed by atoms with E-state index in [0.29, 0.717) is 12.6 Å². The molecule has 70 valence electrons. The summed E-state index contributed by atoms with van der Waals surface area (Å²) < 4.78 is 12.1. The average molecular weight is 172 g/mol. The van der Waals surface area contributed by atoms with Gasteiger partial charge >= 0.3 is 0 Å². The van der Waals surface area contributed by atoms with Gasteiger partial charge in [-0.15, -0.1) is 0 Å². The molecule has 2 aliphatic rings. The van der Waals surface area contributed by atoms with Gasteiger partial charge in [0.05, 0.1) is 0 Å². The Kier molecular flexibility index (Phi) is 2.61. The van der Waals surface area contributed by atoms with Crippen LogP contribution in [0.4, 0.5) is 4.39 Å². The van der Waals surface area contributed by atoms with E-state index in [2.05, 4.69) is 10.2 Å². The van der Waals surface area contributed by atoms with Gasteiger partial charge in [0.25, 0.3) is 0 Å². The van der Waals surface area contributed by atoms with E-state index < -0.39 is 0 Å². The number of fused-ring (bicyclic) bond motifs is 2. The van der Waals surface area contributed by atoms with Crippen LogP contribution in [-0.4, -0.2) is 43.3 Å². The summed E-state index contributed by atoms with van der Waals surface area (Å²) in [5, 5.41) is 3.58. The molecular weight excluding hydrogens is 155 g/mol. The van der Waals surface area contributed by atoms with Gasteiger partial charge in [-0.3, -0.25) is 4.90 Å². The van der Waals surface area contributed by atoms with Crippen LogP contribution in [-0.2, 0) is 0 Å². The second kappa shape index (κ2) is 3.71. The minimum Gasteiger partial charge on any atom is -0.310 e. The molecule has 2 unspecified atom stereocenters. The van der Waals surface area contributed by atoms with Crippen LogP contribution >= 0.6 is 0 Å². The summed E-state index contributed by atoms with van der Waals surface area (Å²) in [5.74, 6) is 0. The van der Waals surface area contributed by atoms with Crippen molar-refractivity contribution in [1.29, 1.82) is 0 Å². The minimum atomic E-state index is -0.197. The number of hydrogen-bond acceptors (Lipinski definition) is 2. The quantitative estimate of drug-likeness (QED) is 0.662. The number of likely N-dealkylation sites (tertiary alicyclic amines) is 1. The average Bonchev–Trinajstić information content (AvgIpc) is 2.37. The lowest BCUT2D eigenvalue weighted by Crippen LogP contribution is -2.36. The Hall–Kier alpha value is -0.150. The molecule has 0 aromatic carbocycles. The molecule has 0 aromatic rings. The number of nitrogens with zero attached hydrogens (tertiary/aromatic N) is 1. The summed E-state index contributed by atoms with van der Waals surface area (Å²) in [4.78, 5) is 2.25. The third-order valence-corrected chi connectivity index (χ3v) is 3.01. The molecular formula is C9H17FN2. The molecule has 2 nitrogen and oxygen atoms in total. The summed E-state index contributed by atoms with van der Waals surface area (Å²) in [6.07, 6.45) is 3.82. The van der Waals surface area contributed by atoms with Gasteiger partial charge in [-0.2, -0.15) is 0 Å². The van der Waals surface area contributed by atoms with Crippen LogP contribution in [0.2, 0.25) is 0 Å². The number of halogens is 1. The third-order valence-electron chi connectivity index (χ3n) is 3.01. The molecule has 2 bridgehead atoms. The first kappa shape index (κ1) is 8.45. The molecule has 0 aromatic heterocycles. The van der Waals surface area contributed by atoms with Crippen LogP contribution in [0.1, 0.15) is 19.3 Å². The molecule has 3 heteroatoms. The van der Waals surface area contributed by atoms with Gasteiger partial charge in [0.15, 0.2) is 0 Å². The van der Waals surface area contributed by atoms with Gasteiger partial charge in [0.1, 0.15) is 6.67 Å². The minimum absolute atomic E-state index is 0.197. The smallest absolute Gasteiger partial charge is 0.102 e. The van der Waals surface area contributed by atoms with E-state index in [1.54, 1.807) is 0 Å². The van der Waals surface area contributed by atoms with Crippen molar-refractivity contribution in [2.75, 3.05) is 26.3 Å². The number of nitrogens with one attached hydrogen (secondary N) is 1. The maximum atomic E-state index is 12.1.